The van der Waals surface area contributed by atoms with Crippen molar-refractivity contribution in [2.24, 2.45) is 0 Å². The third-order valence-electron chi connectivity index (χ3n) is 5.32. The number of hydrogen-bond acceptors (Lipinski definition) is 4. The van der Waals surface area contributed by atoms with E-state index in [-0.39, 0.29) is 22.8 Å². The summed E-state index contributed by atoms with van der Waals surface area (Å²) in [6.07, 6.45) is 3.83. The Hall–Kier alpha value is -2.28. The summed E-state index contributed by atoms with van der Waals surface area (Å²) in [5.74, 6) is -0.729. The van der Waals surface area contributed by atoms with Gasteiger partial charge in [0.25, 0.3) is 0 Å². The zero-order valence-electron chi connectivity index (χ0n) is 14.6. The molecule has 1 aromatic heterocycles. The van der Waals surface area contributed by atoms with Gasteiger partial charge in [0.15, 0.2) is 0 Å². The summed E-state index contributed by atoms with van der Waals surface area (Å²) in [6, 6.07) is 8.38. The van der Waals surface area contributed by atoms with Gasteiger partial charge in [0.2, 0.25) is 5.91 Å². The van der Waals surface area contributed by atoms with E-state index in [0.717, 1.165) is 19.3 Å². The number of benzene rings is 1. The van der Waals surface area contributed by atoms with Crippen LogP contribution in [0.25, 0.3) is 0 Å². The summed E-state index contributed by atoms with van der Waals surface area (Å²) in [5.41, 5.74) is 2.20. The van der Waals surface area contributed by atoms with Crippen molar-refractivity contribution in [1.82, 2.24) is 14.7 Å². The van der Waals surface area contributed by atoms with E-state index in [4.69, 9.17) is 0 Å². The fourth-order valence-corrected chi connectivity index (χ4v) is 5.13. The number of carboxylic acids is 1. The Morgan fingerprint density at radius 3 is 2.62 bits per heavy atom. The second kappa shape index (κ2) is 6.79. The number of aromatic carboxylic acids is 1. The molecule has 1 aromatic carbocycles. The highest BCUT2D eigenvalue weighted by molar-refractivity contribution is 8.01. The molecule has 136 valence electrons. The first kappa shape index (κ1) is 17.1. The largest absolute Gasteiger partial charge is 0.478 e. The second-order valence-corrected chi connectivity index (χ2v) is 8.11. The van der Waals surface area contributed by atoms with E-state index in [9.17, 15) is 14.7 Å². The molecule has 0 spiro atoms. The van der Waals surface area contributed by atoms with Crippen molar-refractivity contribution in [2.45, 2.75) is 42.4 Å². The van der Waals surface area contributed by atoms with Crippen LogP contribution in [-0.4, -0.2) is 50.0 Å². The van der Waals surface area contributed by atoms with Crippen molar-refractivity contribution in [3.63, 3.8) is 0 Å². The maximum Gasteiger partial charge on any atom is 0.339 e. The normalized spacial score (nSPS) is 20.2. The minimum atomic E-state index is -0.945. The van der Waals surface area contributed by atoms with E-state index in [1.807, 2.05) is 21.7 Å². The fraction of sp³-hybridized carbons (Fsp3) is 0.421. The van der Waals surface area contributed by atoms with E-state index in [0.29, 0.717) is 18.8 Å². The lowest BCUT2D eigenvalue weighted by Gasteiger charge is -2.34. The predicted octanol–water partition coefficient (Wildman–Crippen LogP) is 2.77. The predicted molar refractivity (Wildman–Crippen MR) is 98.6 cm³/mol. The molecule has 0 aliphatic carbocycles. The van der Waals surface area contributed by atoms with Crippen molar-refractivity contribution in [3.8, 4) is 0 Å². The molecule has 1 unspecified atom stereocenters. The summed E-state index contributed by atoms with van der Waals surface area (Å²) in [5, 5.41) is 13.4. The van der Waals surface area contributed by atoms with Gasteiger partial charge in [-0.1, -0.05) is 18.2 Å². The van der Waals surface area contributed by atoms with Crippen molar-refractivity contribution < 1.29 is 14.7 Å². The van der Waals surface area contributed by atoms with Gasteiger partial charge in [-0.25, -0.2) is 4.79 Å². The number of rotatable bonds is 3. The molecule has 3 heterocycles. The number of carbonyl (C=O) groups excluding carboxylic acids is 1. The average molecular weight is 371 g/mol. The molecule has 0 radical (unpaired) electrons. The lowest BCUT2D eigenvalue weighted by atomic mass is 10.0. The number of piperidine rings is 1. The van der Waals surface area contributed by atoms with Gasteiger partial charge < -0.3 is 10.0 Å². The Morgan fingerprint density at radius 1 is 1.23 bits per heavy atom. The Kier molecular flexibility index (Phi) is 4.48. The Morgan fingerprint density at radius 2 is 1.96 bits per heavy atom. The number of carboxylic acid groups (broad SMARTS) is 1. The van der Waals surface area contributed by atoms with Crippen LogP contribution in [0.2, 0.25) is 0 Å². The highest BCUT2D eigenvalue weighted by atomic mass is 32.2. The topological polar surface area (TPSA) is 75.4 Å². The molecule has 7 heteroatoms. The monoisotopic (exact) mass is 371 g/mol. The molecule has 1 atom stereocenters. The molecule has 0 saturated carbocycles. The van der Waals surface area contributed by atoms with Gasteiger partial charge >= 0.3 is 5.97 Å². The number of nitrogens with zero attached hydrogens (tertiary/aromatic N) is 3. The van der Waals surface area contributed by atoms with Gasteiger partial charge in [0.05, 0.1) is 23.2 Å². The molecule has 1 saturated heterocycles. The molecular formula is C19H21N3O3S. The van der Waals surface area contributed by atoms with E-state index >= 15 is 0 Å². The quantitative estimate of drug-likeness (QED) is 0.898. The van der Waals surface area contributed by atoms with Crippen molar-refractivity contribution >= 4 is 23.6 Å². The smallest absolute Gasteiger partial charge is 0.339 e. The van der Waals surface area contributed by atoms with Gasteiger partial charge in [-0.05, 0) is 37.8 Å². The highest BCUT2D eigenvalue weighted by Gasteiger charge is 2.34. The van der Waals surface area contributed by atoms with Crippen LogP contribution in [0.5, 0.6) is 0 Å². The van der Waals surface area contributed by atoms with E-state index in [2.05, 4.69) is 17.2 Å². The first-order valence-corrected chi connectivity index (χ1v) is 9.73. The molecule has 1 fully saturated rings. The number of aromatic nitrogens is 2. The van der Waals surface area contributed by atoms with Gasteiger partial charge in [-0.2, -0.15) is 5.10 Å². The van der Waals surface area contributed by atoms with Crippen LogP contribution in [0.4, 0.5) is 0 Å². The molecule has 2 aromatic rings. The molecular weight excluding hydrogens is 350 g/mol. The Labute approximate surface area is 156 Å². The third-order valence-corrected chi connectivity index (χ3v) is 6.62. The molecule has 2 aliphatic rings. The molecule has 6 nitrogen and oxygen atoms in total. The fourth-order valence-electron chi connectivity index (χ4n) is 3.86. The van der Waals surface area contributed by atoms with Crippen LogP contribution >= 0.6 is 11.8 Å². The number of fused-ring (bicyclic) bond motifs is 1. The number of carbonyl (C=O) groups is 2. The average Bonchev–Trinajstić information content (AvgIpc) is 3.24. The number of likely N-dealkylation sites (tertiary alicyclic amines) is 1. The maximum absolute atomic E-state index is 12.9. The van der Waals surface area contributed by atoms with Crippen LogP contribution in [0.3, 0.4) is 0 Å². The Bertz CT molecular complexity index is 830. The van der Waals surface area contributed by atoms with Crippen LogP contribution in [0.1, 0.15) is 40.5 Å². The highest BCUT2D eigenvalue weighted by Crippen LogP contribution is 2.38. The van der Waals surface area contributed by atoms with Gasteiger partial charge in [0.1, 0.15) is 5.56 Å². The minimum absolute atomic E-state index is 0.0194. The second-order valence-electron chi connectivity index (χ2n) is 6.87. The van der Waals surface area contributed by atoms with E-state index in [1.165, 1.54) is 16.7 Å². The van der Waals surface area contributed by atoms with Crippen LogP contribution in [0.15, 0.2) is 35.4 Å². The first-order valence-electron chi connectivity index (χ1n) is 8.85. The van der Waals surface area contributed by atoms with Crippen LogP contribution in [0, 0.1) is 6.92 Å². The molecule has 0 bridgehead atoms. The van der Waals surface area contributed by atoms with Crippen molar-refractivity contribution in [1.29, 1.82) is 0 Å². The first-order chi connectivity index (χ1) is 12.5. The van der Waals surface area contributed by atoms with Gasteiger partial charge in [-0.3, -0.25) is 9.48 Å². The van der Waals surface area contributed by atoms with Gasteiger partial charge in [-0.15, -0.1) is 11.8 Å². The summed E-state index contributed by atoms with van der Waals surface area (Å²) < 4.78 is 1.81. The standard InChI is InChI=1S/C19H21N3O3S/c1-12-15(19(24)25)11-20-22(12)14-6-8-21(9-7-14)18(23)17-10-13-4-2-3-5-16(13)26-17/h2-5,11,14,17H,6-10H2,1H3,(H,24,25). The maximum atomic E-state index is 12.9. The number of thioether (sulfide) groups is 1. The molecule has 1 amide bonds. The number of amides is 1. The number of hydrogen-bond donors (Lipinski definition) is 1. The zero-order chi connectivity index (χ0) is 18.3. The lowest BCUT2D eigenvalue weighted by molar-refractivity contribution is -0.131. The summed E-state index contributed by atoms with van der Waals surface area (Å²) in [7, 11) is 0. The third kappa shape index (κ3) is 3.00. The van der Waals surface area contributed by atoms with Crippen LogP contribution < -0.4 is 0 Å². The minimum Gasteiger partial charge on any atom is -0.478 e. The van der Waals surface area contributed by atoms with E-state index in [1.54, 1.807) is 18.7 Å². The molecule has 2 aliphatic heterocycles. The molecule has 26 heavy (non-hydrogen) atoms. The lowest BCUT2D eigenvalue weighted by Crippen LogP contribution is -2.43. The van der Waals surface area contributed by atoms with E-state index < -0.39 is 5.97 Å². The van der Waals surface area contributed by atoms with Crippen molar-refractivity contribution in [2.75, 3.05) is 13.1 Å². The van der Waals surface area contributed by atoms with Crippen molar-refractivity contribution in [3.05, 3.63) is 47.3 Å². The molecule has 4 rings (SSSR count). The zero-order valence-corrected chi connectivity index (χ0v) is 15.4. The van der Waals surface area contributed by atoms with Crippen LogP contribution in [-0.2, 0) is 11.2 Å². The summed E-state index contributed by atoms with van der Waals surface area (Å²) in [4.78, 5) is 27.2. The Balaban J connectivity index is 1.38. The summed E-state index contributed by atoms with van der Waals surface area (Å²) in [6.45, 7) is 3.18. The SMILES string of the molecule is Cc1c(C(=O)O)cnn1C1CCN(C(=O)C2Cc3ccccc3S2)CC1. The summed E-state index contributed by atoms with van der Waals surface area (Å²) >= 11 is 1.67. The molecule has 1 N–H and O–H groups in total. The van der Waals surface area contributed by atoms with Gasteiger partial charge in [0, 0.05) is 18.0 Å².